The molecule has 0 atom stereocenters. The van der Waals surface area contributed by atoms with Gasteiger partial charge in [-0.1, -0.05) is 23.2 Å². The van der Waals surface area contributed by atoms with Crippen molar-refractivity contribution in [3.05, 3.63) is 51.0 Å². The van der Waals surface area contributed by atoms with Crippen LogP contribution in [0.3, 0.4) is 0 Å². The number of aromatic nitrogens is 2. The van der Waals surface area contributed by atoms with Crippen molar-refractivity contribution >= 4 is 23.2 Å². The fourth-order valence-corrected chi connectivity index (χ4v) is 1.73. The first-order valence-electron chi connectivity index (χ1n) is 4.16. The minimum absolute atomic E-state index is 0.244. The van der Waals surface area contributed by atoms with Gasteiger partial charge in [0.05, 0.1) is 11.9 Å². The zero-order chi connectivity index (χ0) is 10.8. The Balaban J connectivity index is 2.53. The Labute approximate surface area is 95.7 Å². The van der Waals surface area contributed by atoms with Crippen molar-refractivity contribution < 1.29 is 0 Å². The highest BCUT2D eigenvalue weighted by atomic mass is 35.5. The molecule has 0 aliphatic carbocycles. The number of hydrogen-bond donors (Lipinski definition) is 1. The highest BCUT2D eigenvalue weighted by molar-refractivity contribution is 6.35. The molecule has 0 bridgehead atoms. The second kappa shape index (κ2) is 4.04. The number of halogens is 2. The third kappa shape index (κ3) is 2.37. The monoisotopic (exact) mass is 240 g/mol. The third-order valence-electron chi connectivity index (χ3n) is 1.83. The van der Waals surface area contributed by atoms with Gasteiger partial charge in [0.15, 0.2) is 0 Å². The van der Waals surface area contributed by atoms with E-state index >= 15 is 0 Å². The van der Waals surface area contributed by atoms with E-state index in [1.165, 1.54) is 12.4 Å². The summed E-state index contributed by atoms with van der Waals surface area (Å²) >= 11 is 11.7. The maximum atomic E-state index is 10.8. The van der Waals surface area contributed by atoms with Crippen molar-refractivity contribution in [1.82, 2.24) is 9.97 Å². The van der Waals surface area contributed by atoms with E-state index in [1.807, 2.05) is 0 Å². The summed E-state index contributed by atoms with van der Waals surface area (Å²) in [5.41, 5.74) is 1.15. The SMILES string of the molecule is O=c1cnc(-c2cc(Cl)cc(Cl)c2)c[nH]1. The molecule has 15 heavy (non-hydrogen) atoms. The van der Waals surface area contributed by atoms with Gasteiger partial charge in [0, 0.05) is 21.8 Å². The maximum Gasteiger partial charge on any atom is 0.266 e. The van der Waals surface area contributed by atoms with Gasteiger partial charge in [0.25, 0.3) is 5.56 Å². The molecule has 0 saturated carbocycles. The van der Waals surface area contributed by atoms with Gasteiger partial charge in [-0.05, 0) is 18.2 Å². The Morgan fingerprint density at radius 3 is 2.33 bits per heavy atom. The Morgan fingerprint density at radius 2 is 1.80 bits per heavy atom. The largest absolute Gasteiger partial charge is 0.326 e. The summed E-state index contributed by atoms with van der Waals surface area (Å²) < 4.78 is 0. The summed E-state index contributed by atoms with van der Waals surface area (Å²) in [6.07, 6.45) is 2.73. The molecule has 1 aromatic carbocycles. The first kappa shape index (κ1) is 10.2. The molecular weight excluding hydrogens is 235 g/mol. The van der Waals surface area contributed by atoms with Crippen molar-refractivity contribution in [2.75, 3.05) is 0 Å². The summed E-state index contributed by atoms with van der Waals surface area (Å²) in [5.74, 6) is 0. The van der Waals surface area contributed by atoms with Crippen molar-refractivity contribution in [3.8, 4) is 11.3 Å². The van der Waals surface area contributed by atoms with Gasteiger partial charge in [0.2, 0.25) is 0 Å². The smallest absolute Gasteiger partial charge is 0.266 e. The van der Waals surface area contributed by atoms with Gasteiger partial charge in [-0.2, -0.15) is 0 Å². The molecule has 0 radical (unpaired) electrons. The summed E-state index contributed by atoms with van der Waals surface area (Å²) in [7, 11) is 0. The fourth-order valence-electron chi connectivity index (χ4n) is 1.20. The zero-order valence-electron chi connectivity index (χ0n) is 7.50. The van der Waals surface area contributed by atoms with E-state index in [1.54, 1.807) is 18.2 Å². The molecule has 0 aliphatic rings. The van der Waals surface area contributed by atoms with Gasteiger partial charge in [-0.3, -0.25) is 4.79 Å². The summed E-state index contributed by atoms with van der Waals surface area (Å²) in [5, 5.41) is 1.07. The zero-order valence-corrected chi connectivity index (χ0v) is 9.01. The minimum atomic E-state index is -0.244. The van der Waals surface area contributed by atoms with Crippen LogP contribution < -0.4 is 5.56 Å². The lowest BCUT2D eigenvalue weighted by atomic mass is 10.2. The Bertz CT molecular complexity index is 511. The predicted octanol–water partition coefficient (Wildman–Crippen LogP) is 2.74. The van der Waals surface area contributed by atoms with Crippen LogP contribution in [0.1, 0.15) is 0 Å². The fraction of sp³-hybridized carbons (Fsp3) is 0. The number of hydrogen-bond acceptors (Lipinski definition) is 2. The van der Waals surface area contributed by atoms with E-state index in [-0.39, 0.29) is 5.56 Å². The molecule has 76 valence electrons. The first-order chi connectivity index (χ1) is 7.15. The summed E-state index contributed by atoms with van der Waals surface area (Å²) in [4.78, 5) is 17.3. The predicted molar refractivity (Wildman–Crippen MR) is 60.3 cm³/mol. The lowest BCUT2D eigenvalue weighted by Gasteiger charge is -2.01. The highest BCUT2D eigenvalue weighted by Crippen LogP contribution is 2.24. The first-order valence-corrected chi connectivity index (χ1v) is 4.92. The lowest BCUT2D eigenvalue weighted by Crippen LogP contribution is -2.04. The van der Waals surface area contributed by atoms with Gasteiger partial charge in [-0.15, -0.1) is 0 Å². The average molecular weight is 241 g/mol. The molecular formula is C10H6Cl2N2O. The molecule has 0 amide bonds. The van der Waals surface area contributed by atoms with Gasteiger partial charge < -0.3 is 4.98 Å². The number of rotatable bonds is 1. The normalized spacial score (nSPS) is 10.3. The lowest BCUT2D eigenvalue weighted by molar-refractivity contribution is 1.14. The number of nitrogens with one attached hydrogen (secondary N) is 1. The number of nitrogens with zero attached hydrogens (tertiary/aromatic N) is 1. The van der Waals surface area contributed by atoms with Crippen LogP contribution in [0.15, 0.2) is 35.4 Å². The average Bonchev–Trinajstić information content (AvgIpc) is 2.17. The molecule has 5 heteroatoms. The van der Waals surface area contributed by atoms with Crippen LogP contribution >= 0.6 is 23.2 Å². The molecule has 1 heterocycles. The molecule has 2 rings (SSSR count). The topological polar surface area (TPSA) is 45.8 Å². The number of aromatic amines is 1. The van der Waals surface area contributed by atoms with Crippen LogP contribution in [-0.4, -0.2) is 9.97 Å². The molecule has 2 aromatic rings. The van der Waals surface area contributed by atoms with Crippen molar-refractivity contribution in [2.45, 2.75) is 0 Å². The van der Waals surface area contributed by atoms with E-state index in [9.17, 15) is 4.79 Å². The van der Waals surface area contributed by atoms with Crippen LogP contribution in [0, 0.1) is 0 Å². The standard InChI is InChI=1S/C10H6Cl2N2O/c11-7-1-6(2-8(12)3-7)9-4-14-10(15)5-13-9/h1-5H,(H,14,15). The third-order valence-corrected chi connectivity index (χ3v) is 2.27. The minimum Gasteiger partial charge on any atom is -0.326 e. The molecule has 1 N–H and O–H groups in total. The van der Waals surface area contributed by atoms with Crippen molar-refractivity contribution in [2.24, 2.45) is 0 Å². The van der Waals surface area contributed by atoms with Crippen LogP contribution in [0.4, 0.5) is 0 Å². The number of benzene rings is 1. The summed E-state index contributed by atoms with van der Waals surface area (Å²) in [6.45, 7) is 0. The van der Waals surface area contributed by atoms with Crippen molar-refractivity contribution in [1.29, 1.82) is 0 Å². The van der Waals surface area contributed by atoms with Crippen LogP contribution in [-0.2, 0) is 0 Å². The second-order valence-corrected chi connectivity index (χ2v) is 3.83. The van der Waals surface area contributed by atoms with Gasteiger partial charge in [-0.25, -0.2) is 4.98 Å². The van der Waals surface area contributed by atoms with Crippen LogP contribution in [0.5, 0.6) is 0 Å². The van der Waals surface area contributed by atoms with Crippen LogP contribution in [0.25, 0.3) is 11.3 Å². The highest BCUT2D eigenvalue weighted by Gasteiger charge is 2.02. The van der Waals surface area contributed by atoms with E-state index in [0.29, 0.717) is 15.7 Å². The Morgan fingerprint density at radius 1 is 1.13 bits per heavy atom. The van der Waals surface area contributed by atoms with E-state index in [4.69, 9.17) is 23.2 Å². The molecule has 0 spiro atoms. The van der Waals surface area contributed by atoms with E-state index in [0.717, 1.165) is 5.56 Å². The molecule has 0 aliphatic heterocycles. The van der Waals surface area contributed by atoms with Gasteiger partial charge in [0.1, 0.15) is 0 Å². The molecule has 0 saturated heterocycles. The molecule has 3 nitrogen and oxygen atoms in total. The Hall–Kier alpha value is -1.32. The number of H-pyrrole nitrogens is 1. The molecule has 1 aromatic heterocycles. The Kier molecular flexibility index (Phi) is 2.75. The maximum absolute atomic E-state index is 10.8. The molecule has 0 unspecified atom stereocenters. The quantitative estimate of drug-likeness (QED) is 0.834. The van der Waals surface area contributed by atoms with E-state index in [2.05, 4.69) is 9.97 Å². The summed E-state index contributed by atoms with van der Waals surface area (Å²) in [6, 6.07) is 5.10. The van der Waals surface area contributed by atoms with E-state index < -0.39 is 0 Å². The van der Waals surface area contributed by atoms with Crippen LogP contribution in [0.2, 0.25) is 10.0 Å². The second-order valence-electron chi connectivity index (χ2n) is 2.95. The van der Waals surface area contributed by atoms with Crippen molar-refractivity contribution in [3.63, 3.8) is 0 Å². The van der Waals surface area contributed by atoms with Gasteiger partial charge >= 0.3 is 0 Å². The molecule has 0 fully saturated rings.